The Morgan fingerprint density at radius 2 is 2.22 bits per heavy atom. The minimum Gasteiger partial charge on any atom is -0.352 e. The molecule has 2 aliphatic heterocycles. The highest BCUT2D eigenvalue weighted by atomic mass is 32.2. The Bertz CT molecular complexity index is 390. The van der Waals surface area contributed by atoms with Crippen LogP contribution in [0.1, 0.15) is 25.7 Å². The third-order valence-corrected chi connectivity index (χ3v) is 5.41. The molecule has 1 amide bonds. The smallest absolute Gasteiger partial charge is 0.221 e. The Labute approximate surface area is 108 Å². The second kappa shape index (κ2) is 5.99. The first-order valence-electron chi connectivity index (χ1n) is 6.56. The molecular weight excluding hydrogens is 254 g/mol. The van der Waals surface area contributed by atoms with Crippen LogP contribution in [-0.4, -0.2) is 56.6 Å². The fraction of sp³-hybridized carbons (Fsp3) is 0.909. The Balaban J connectivity index is 1.71. The molecule has 2 aliphatic rings. The van der Waals surface area contributed by atoms with E-state index >= 15 is 0 Å². The van der Waals surface area contributed by atoms with Crippen molar-refractivity contribution in [3.8, 4) is 0 Å². The van der Waals surface area contributed by atoms with Gasteiger partial charge in [0.05, 0.1) is 5.75 Å². The highest BCUT2D eigenvalue weighted by molar-refractivity contribution is 7.89. The van der Waals surface area contributed by atoms with E-state index in [0.29, 0.717) is 19.5 Å². The standard InChI is InChI=1S/C11H21N3O3S/c15-11(13-10-3-1-5-12-9-10)4-7-14-6-2-8-18(14,16)17/h10,12H,1-9H2,(H,13,15). The Morgan fingerprint density at radius 1 is 1.39 bits per heavy atom. The van der Waals surface area contributed by atoms with Crippen LogP contribution in [-0.2, 0) is 14.8 Å². The van der Waals surface area contributed by atoms with E-state index in [0.717, 1.165) is 25.9 Å². The topological polar surface area (TPSA) is 78.5 Å². The molecule has 6 nitrogen and oxygen atoms in total. The molecule has 1 atom stereocenters. The molecule has 2 fully saturated rings. The van der Waals surface area contributed by atoms with Gasteiger partial charge in [-0.25, -0.2) is 12.7 Å². The first-order chi connectivity index (χ1) is 8.58. The molecule has 2 saturated heterocycles. The Kier molecular flexibility index (Phi) is 4.58. The normalized spacial score (nSPS) is 28.1. The Hall–Kier alpha value is -0.660. The van der Waals surface area contributed by atoms with Crippen molar-refractivity contribution in [3.63, 3.8) is 0 Å². The molecular formula is C11H21N3O3S. The zero-order valence-electron chi connectivity index (χ0n) is 10.5. The van der Waals surface area contributed by atoms with Crippen LogP contribution < -0.4 is 10.6 Å². The average Bonchev–Trinajstić information content (AvgIpc) is 2.67. The van der Waals surface area contributed by atoms with Crippen molar-refractivity contribution in [2.75, 3.05) is 31.9 Å². The second-order valence-corrected chi connectivity index (χ2v) is 7.02. The molecule has 0 radical (unpaired) electrons. The number of amides is 1. The average molecular weight is 275 g/mol. The number of hydrogen-bond donors (Lipinski definition) is 2. The van der Waals surface area contributed by atoms with Crippen LogP contribution in [0.15, 0.2) is 0 Å². The van der Waals surface area contributed by atoms with Gasteiger partial charge in [0.1, 0.15) is 0 Å². The summed E-state index contributed by atoms with van der Waals surface area (Å²) in [5.74, 6) is 0.173. The van der Waals surface area contributed by atoms with E-state index in [-0.39, 0.29) is 24.1 Å². The van der Waals surface area contributed by atoms with E-state index in [1.807, 2.05) is 0 Å². The first-order valence-corrected chi connectivity index (χ1v) is 8.17. The molecule has 0 bridgehead atoms. The van der Waals surface area contributed by atoms with Crippen molar-refractivity contribution in [3.05, 3.63) is 0 Å². The Morgan fingerprint density at radius 3 is 2.83 bits per heavy atom. The second-order valence-electron chi connectivity index (χ2n) is 4.93. The van der Waals surface area contributed by atoms with Crippen LogP contribution in [0.4, 0.5) is 0 Å². The molecule has 18 heavy (non-hydrogen) atoms. The van der Waals surface area contributed by atoms with Crippen LogP contribution in [0.25, 0.3) is 0 Å². The maximum Gasteiger partial charge on any atom is 0.221 e. The van der Waals surface area contributed by atoms with Crippen molar-refractivity contribution >= 4 is 15.9 Å². The summed E-state index contributed by atoms with van der Waals surface area (Å²) in [7, 11) is -3.07. The number of piperidine rings is 1. The fourth-order valence-corrected chi connectivity index (χ4v) is 3.97. The highest BCUT2D eigenvalue weighted by Gasteiger charge is 2.28. The molecule has 0 aromatic rings. The monoisotopic (exact) mass is 275 g/mol. The zero-order valence-corrected chi connectivity index (χ0v) is 11.3. The summed E-state index contributed by atoms with van der Waals surface area (Å²) < 4.78 is 24.5. The summed E-state index contributed by atoms with van der Waals surface area (Å²) in [6.07, 6.45) is 3.01. The van der Waals surface area contributed by atoms with Gasteiger partial charge in [-0.1, -0.05) is 0 Å². The number of nitrogens with one attached hydrogen (secondary N) is 2. The number of nitrogens with zero attached hydrogens (tertiary/aromatic N) is 1. The summed E-state index contributed by atoms with van der Waals surface area (Å²) in [6, 6.07) is 0.196. The molecule has 7 heteroatoms. The van der Waals surface area contributed by atoms with Crippen molar-refractivity contribution in [1.29, 1.82) is 0 Å². The summed E-state index contributed by atoms with van der Waals surface area (Å²) >= 11 is 0. The summed E-state index contributed by atoms with van der Waals surface area (Å²) in [6.45, 7) is 2.70. The largest absolute Gasteiger partial charge is 0.352 e. The van der Waals surface area contributed by atoms with Crippen LogP contribution in [0.5, 0.6) is 0 Å². The fourth-order valence-electron chi connectivity index (χ4n) is 2.44. The van der Waals surface area contributed by atoms with Crippen LogP contribution in [0, 0.1) is 0 Å². The van der Waals surface area contributed by atoms with E-state index in [2.05, 4.69) is 10.6 Å². The number of sulfonamides is 1. The van der Waals surface area contributed by atoms with E-state index in [4.69, 9.17) is 0 Å². The van der Waals surface area contributed by atoms with E-state index < -0.39 is 10.0 Å². The molecule has 1 unspecified atom stereocenters. The molecule has 0 spiro atoms. The van der Waals surface area contributed by atoms with Crippen LogP contribution in [0.3, 0.4) is 0 Å². The van der Waals surface area contributed by atoms with Gasteiger partial charge >= 0.3 is 0 Å². The molecule has 2 N–H and O–H groups in total. The quantitative estimate of drug-likeness (QED) is 0.710. The van der Waals surface area contributed by atoms with Gasteiger partial charge in [-0.2, -0.15) is 0 Å². The minimum absolute atomic E-state index is 0.0502. The number of rotatable bonds is 4. The van der Waals surface area contributed by atoms with Gasteiger partial charge in [0.2, 0.25) is 15.9 Å². The first kappa shape index (κ1) is 13.8. The van der Waals surface area contributed by atoms with Gasteiger partial charge < -0.3 is 10.6 Å². The minimum atomic E-state index is -3.07. The lowest BCUT2D eigenvalue weighted by Gasteiger charge is -2.24. The van der Waals surface area contributed by atoms with Gasteiger partial charge in [0.15, 0.2) is 0 Å². The van der Waals surface area contributed by atoms with Gasteiger partial charge in [0, 0.05) is 32.1 Å². The predicted octanol–water partition coefficient (Wildman–Crippen LogP) is -0.720. The molecule has 0 aliphatic carbocycles. The van der Waals surface area contributed by atoms with Gasteiger partial charge in [0.25, 0.3) is 0 Å². The van der Waals surface area contributed by atoms with Crippen LogP contribution >= 0.6 is 0 Å². The lowest BCUT2D eigenvalue weighted by Crippen LogP contribution is -2.46. The van der Waals surface area contributed by atoms with E-state index in [1.54, 1.807) is 0 Å². The van der Waals surface area contributed by atoms with Gasteiger partial charge in [-0.15, -0.1) is 0 Å². The number of hydrogen-bond acceptors (Lipinski definition) is 4. The lowest BCUT2D eigenvalue weighted by atomic mass is 10.1. The van der Waals surface area contributed by atoms with Crippen molar-refractivity contribution in [2.24, 2.45) is 0 Å². The molecule has 104 valence electrons. The van der Waals surface area contributed by atoms with Gasteiger partial charge in [-0.05, 0) is 25.8 Å². The molecule has 2 rings (SSSR count). The van der Waals surface area contributed by atoms with E-state index in [9.17, 15) is 13.2 Å². The zero-order chi connectivity index (χ0) is 13.0. The van der Waals surface area contributed by atoms with Crippen molar-refractivity contribution < 1.29 is 13.2 Å². The molecule has 2 heterocycles. The third-order valence-electron chi connectivity index (χ3n) is 3.45. The summed E-state index contributed by atoms with van der Waals surface area (Å²) in [5.41, 5.74) is 0. The maximum absolute atomic E-state index is 11.7. The number of carbonyl (C=O) groups is 1. The highest BCUT2D eigenvalue weighted by Crippen LogP contribution is 2.13. The van der Waals surface area contributed by atoms with Crippen molar-refractivity contribution in [2.45, 2.75) is 31.7 Å². The van der Waals surface area contributed by atoms with Crippen LogP contribution in [0.2, 0.25) is 0 Å². The van der Waals surface area contributed by atoms with Gasteiger partial charge in [-0.3, -0.25) is 4.79 Å². The summed E-state index contributed by atoms with van der Waals surface area (Å²) in [5, 5.41) is 6.18. The van der Waals surface area contributed by atoms with E-state index in [1.165, 1.54) is 4.31 Å². The van der Waals surface area contributed by atoms with Crippen molar-refractivity contribution in [1.82, 2.24) is 14.9 Å². The number of carbonyl (C=O) groups excluding carboxylic acids is 1. The SMILES string of the molecule is O=C(CCN1CCCS1(=O)=O)NC1CCCNC1. The third kappa shape index (κ3) is 3.66. The molecule has 0 aromatic heterocycles. The predicted molar refractivity (Wildman–Crippen MR) is 68.6 cm³/mol. The summed E-state index contributed by atoms with van der Waals surface area (Å²) in [4.78, 5) is 11.7. The molecule has 0 aromatic carbocycles. The molecule has 0 saturated carbocycles. The maximum atomic E-state index is 11.7. The lowest BCUT2D eigenvalue weighted by molar-refractivity contribution is -0.122.